The molecule has 3 nitrogen and oxygen atoms in total. The number of rotatable bonds is 4. The fraction of sp³-hybridized carbons (Fsp3) is 0.875. The first kappa shape index (κ1) is 16.2. The third-order valence-corrected chi connectivity index (χ3v) is 10.3. The Balaban J connectivity index is 2.05. The number of nitrogens with zero attached hydrogens (tertiary/aromatic N) is 1. The van der Waals surface area contributed by atoms with Crippen molar-refractivity contribution in [3.8, 4) is 0 Å². The van der Waals surface area contributed by atoms with Gasteiger partial charge in [-0.1, -0.05) is 32.9 Å². The predicted molar refractivity (Wildman–Crippen MR) is 86.4 cm³/mol. The van der Waals surface area contributed by atoms with Gasteiger partial charge >= 0.3 is 0 Å². The molecule has 0 amide bonds. The van der Waals surface area contributed by atoms with Gasteiger partial charge in [-0.3, -0.25) is 4.90 Å². The molecule has 2 unspecified atom stereocenters. The Morgan fingerprint density at radius 3 is 2.65 bits per heavy atom. The van der Waals surface area contributed by atoms with Crippen molar-refractivity contribution in [1.29, 1.82) is 0 Å². The fourth-order valence-corrected chi connectivity index (χ4v) is 4.41. The van der Waals surface area contributed by atoms with Crippen molar-refractivity contribution in [1.82, 2.24) is 4.90 Å². The number of aliphatic hydroxyl groups is 1. The minimum atomic E-state index is -1.70. The molecule has 20 heavy (non-hydrogen) atoms. The lowest BCUT2D eigenvalue weighted by Gasteiger charge is -2.40. The van der Waals surface area contributed by atoms with Crippen molar-refractivity contribution in [2.45, 2.75) is 57.3 Å². The minimum absolute atomic E-state index is 0.0839. The number of fused-ring (bicyclic) bond motifs is 1. The molecule has 2 saturated heterocycles. The van der Waals surface area contributed by atoms with Crippen LogP contribution in [0.3, 0.4) is 0 Å². The smallest absolute Gasteiger partial charge is 0.191 e. The zero-order valence-electron chi connectivity index (χ0n) is 13.8. The largest absolute Gasteiger partial charge is 0.416 e. The van der Waals surface area contributed by atoms with Crippen molar-refractivity contribution >= 4 is 8.32 Å². The normalized spacial score (nSPS) is 31.9. The van der Waals surface area contributed by atoms with E-state index in [0.717, 1.165) is 32.5 Å². The van der Waals surface area contributed by atoms with Crippen LogP contribution in [0.4, 0.5) is 0 Å². The highest BCUT2D eigenvalue weighted by Gasteiger charge is 2.52. The molecule has 0 saturated carbocycles. The van der Waals surface area contributed by atoms with Gasteiger partial charge in [-0.2, -0.15) is 0 Å². The van der Waals surface area contributed by atoms with Gasteiger partial charge in [0.1, 0.15) is 0 Å². The van der Waals surface area contributed by atoms with E-state index in [-0.39, 0.29) is 17.2 Å². The average molecular weight is 298 g/mol. The molecule has 0 aromatic carbocycles. The summed E-state index contributed by atoms with van der Waals surface area (Å²) in [4.78, 5) is 2.43. The molecular formula is C16H31NO2Si. The summed E-state index contributed by atoms with van der Waals surface area (Å²) < 4.78 is 6.42. The zero-order chi connectivity index (χ0) is 15.2. The van der Waals surface area contributed by atoms with Crippen molar-refractivity contribution in [3.63, 3.8) is 0 Å². The summed E-state index contributed by atoms with van der Waals surface area (Å²) in [7, 11) is -1.70. The number of aliphatic hydroxyl groups excluding tert-OH is 1. The molecule has 2 aliphatic heterocycles. The lowest BCUT2D eigenvalue weighted by Crippen LogP contribution is -2.50. The molecule has 0 aromatic rings. The van der Waals surface area contributed by atoms with Gasteiger partial charge in [0.05, 0.1) is 12.1 Å². The summed E-state index contributed by atoms with van der Waals surface area (Å²) in [5.74, 6) is 0.445. The van der Waals surface area contributed by atoms with Crippen LogP contribution >= 0.6 is 0 Å². The van der Waals surface area contributed by atoms with E-state index in [2.05, 4.69) is 45.3 Å². The molecule has 2 aliphatic rings. The number of hydrogen-bond donors (Lipinski definition) is 1. The molecule has 0 spiro atoms. The van der Waals surface area contributed by atoms with E-state index in [9.17, 15) is 5.11 Å². The first-order chi connectivity index (χ1) is 9.12. The van der Waals surface area contributed by atoms with E-state index in [1.54, 1.807) is 0 Å². The summed E-state index contributed by atoms with van der Waals surface area (Å²) in [5, 5.41) is 10.2. The van der Waals surface area contributed by atoms with Crippen LogP contribution in [-0.2, 0) is 4.43 Å². The Labute approximate surface area is 125 Å². The van der Waals surface area contributed by atoms with Crippen LogP contribution in [0.2, 0.25) is 18.1 Å². The van der Waals surface area contributed by atoms with Crippen LogP contribution in [0, 0.1) is 5.92 Å². The lowest BCUT2D eigenvalue weighted by molar-refractivity contribution is 0.0460. The Bertz CT molecular complexity index is 388. The van der Waals surface area contributed by atoms with Crippen molar-refractivity contribution in [3.05, 3.63) is 12.2 Å². The van der Waals surface area contributed by atoms with E-state index in [1.807, 2.05) is 0 Å². The Kier molecular flexibility index (Phi) is 4.24. The van der Waals surface area contributed by atoms with Gasteiger partial charge in [0.25, 0.3) is 0 Å². The second-order valence-electron chi connectivity index (χ2n) is 8.17. The van der Waals surface area contributed by atoms with E-state index >= 15 is 0 Å². The summed E-state index contributed by atoms with van der Waals surface area (Å²) in [6.45, 7) is 18.6. The number of hydrogen-bond acceptors (Lipinski definition) is 3. The first-order valence-corrected chi connectivity index (χ1v) is 10.7. The third-order valence-electron chi connectivity index (χ3n) is 5.83. The second-order valence-corrected chi connectivity index (χ2v) is 13.0. The van der Waals surface area contributed by atoms with Crippen LogP contribution in [0.15, 0.2) is 12.2 Å². The monoisotopic (exact) mass is 297 g/mol. The summed E-state index contributed by atoms with van der Waals surface area (Å²) in [6.07, 6.45) is 2.08. The maximum atomic E-state index is 9.98. The van der Waals surface area contributed by atoms with Crippen molar-refractivity contribution in [2.75, 3.05) is 26.3 Å². The predicted octanol–water partition coefficient (Wildman–Crippen LogP) is 3.02. The standard InChI is InChI=1S/C16H31NO2Si/c1-13-9-16(12-18)14(7-8-17(16)10-13)11-19-20(5,6)15(2,3)4/h14,18H,1,7-12H2,2-6H3. The van der Waals surface area contributed by atoms with Crippen LogP contribution < -0.4 is 0 Å². The lowest BCUT2D eigenvalue weighted by atomic mass is 9.84. The van der Waals surface area contributed by atoms with Crippen LogP contribution in [0.1, 0.15) is 33.6 Å². The van der Waals surface area contributed by atoms with Crippen LogP contribution in [0.25, 0.3) is 0 Å². The van der Waals surface area contributed by atoms with Gasteiger partial charge in [-0.15, -0.1) is 0 Å². The van der Waals surface area contributed by atoms with Crippen molar-refractivity contribution < 1.29 is 9.53 Å². The molecule has 2 rings (SSSR count). The maximum Gasteiger partial charge on any atom is 0.191 e. The fourth-order valence-electron chi connectivity index (χ4n) is 3.36. The topological polar surface area (TPSA) is 32.7 Å². The van der Waals surface area contributed by atoms with E-state index in [1.165, 1.54) is 5.57 Å². The molecule has 4 heteroatoms. The average Bonchev–Trinajstić information content (AvgIpc) is 2.79. The summed E-state index contributed by atoms with van der Waals surface area (Å²) in [6, 6.07) is 0. The molecule has 0 aromatic heterocycles. The van der Waals surface area contributed by atoms with Gasteiger partial charge in [-0.05, 0) is 37.5 Å². The van der Waals surface area contributed by atoms with Gasteiger partial charge in [-0.25, -0.2) is 0 Å². The van der Waals surface area contributed by atoms with E-state index in [4.69, 9.17) is 4.43 Å². The highest BCUT2D eigenvalue weighted by Crippen LogP contribution is 2.45. The molecule has 2 fully saturated rings. The molecule has 116 valence electrons. The molecule has 0 bridgehead atoms. The van der Waals surface area contributed by atoms with Crippen LogP contribution in [-0.4, -0.2) is 50.2 Å². The van der Waals surface area contributed by atoms with Crippen LogP contribution in [0.5, 0.6) is 0 Å². The quantitative estimate of drug-likeness (QED) is 0.639. The Morgan fingerprint density at radius 1 is 1.45 bits per heavy atom. The zero-order valence-corrected chi connectivity index (χ0v) is 14.8. The highest BCUT2D eigenvalue weighted by atomic mass is 28.4. The minimum Gasteiger partial charge on any atom is -0.416 e. The van der Waals surface area contributed by atoms with E-state index < -0.39 is 8.32 Å². The van der Waals surface area contributed by atoms with Crippen molar-refractivity contribution in [2.24, 2.45) is 5.92 Å². The molecular weight excluding hydrogens is 266 g/mol. The Hall–Kier alpha value is -0.163. The SMILES string of the molecule is C=C1CN2CCC(CO[Si](C)(C)C(C)(C)C)C2(CO)C1. The Morgan fingerprint density at radius 2 is 2.10 bits per heavy atom. The highest BCUT2D eigenvalue weighted by molar-refractivity contribution is 6.74. The summed E-state index contributed by atoms with van der Waals surface area (Å²) >= 11 is 0. The van der Waals surface area contributed by atoms with Gasteiger partial charge < -0.3 is 9.53 Å². The maximum absolute atomic E-state index is 9.98. The molecule has 2 heterocycles. The molecule has 1 N–H and O–H groups in total. The first-order valence-electron chi connectivity index (χ1n) is 7.79. The third kappa shape index (κ3) is 2.63. The molecule has 2 atom stereocenters. The van der Waals surface area contributed by atoms with Gasteiger partial charge in [0.15, 0.2) is 8.32 Å². The molecule has 0 aliphatic carbocycles. The van der Waals surface area contributed by atoms with Gasteiger partial charge in [0.2, 0.25) is 0 Å². The van der Waals surface area contributed by atoms with E-state index in [0.29, 0.717) is 5.92 Å². The second kappa shape index (κ2) is 5.23. The summed E-state index contributed by atoms with van der Waals surface area (Å²) in [5.41, 5.74) is 1.18. The molecule has 0 radical (unpaired) electrons. The van der Waals surface area contributed by atoms with Gasteiger partial charge in [0, 0.05) is 19.1 Å².